The van der Waals surface area contributed by atoms with Crippen molar-refractivity contribution in [2.45, 2.75) is 19.8 Å². The van der Waals surface area contributed by atoms with Crippen LogP contribution in [0.4, 0.5) is 0 Å². The Morgan fingerprint density at radius 1 is 1.12 bits per heavy atom. The Morgan fingerprint density at radius 2 is 1.75 bits per heavy atom. The predicted molar refractivity (Wildman–Crippen MR) is 55.3 cm³/mol. The van der Waals surface area contributed by atoms with Crippen LogP contribution in [0.15, 0.2) is 0 Å². The van der Waals surface area contributed by atoms with E-state index in [9.17, 15) is 9.59 Å². The van der Waals surface area contributed by atoms with Gasteiger partial charge in [-0.2, -0.15) is 0 Å². The maximum atomic E-state index is 10.7. The molecule has 0 aliphatic heterocycles. The molecule has 0 aliphatic carbocycles. The lowest BCUT2D eigenvalue weighted by molar-refractivity contribution is -0.149. The highest BCUT2D eigenvalue weighted by Gasteiger charge is 2.20. The van der Waals surface area contributed by atoms with Crippen molar-refractivity contribution in [2.75, 3.05) is 26.4 Å². The molecule has 0 aromatic rings. The Morgan fingerprint density at radius 3 is 2.25 bits per heavy atom. The van der Waals surface area contributed by atoms with Crippen LogP contribution in [-0.2, 0) is 19.1 Å². The number of hydrogen-bond acceptors (Lipinski definition) is 4. The van der Waals surface area contributed by atoms with Crippen LogP contribution >= 0.6 is 0 Å². The molecule has 0 aromatic carbocycles. The van der Waals surface area contributed by atoms with Crippen LogP contribution in [0.25, 0.3) is 0 Å². The Kier molecular flexibility index (Phi) is 8.46. The zero-order chi connectivity index (χ0) is 12.4. The second kappa shape index (κ2) is 9.11. The third kappa shape index (κ3) is 8.19. The first-order valence-electron chi connectivity index (χ1n) is 5.18. The number of carboxylic acid groups (broad SMARTS) is 2. The molecule has 0 radical (unpaired) electrons. The first kappa shape index (κ1) is 14.9. The van der Waals surface area contributed by atoms with Gasteiger partial charge in [0.25, 0.3) is 0 Å². The monoisotopic (exact) mass is 234 g/mol. The molecule has 0 aliphatic rings. The summed E-state index contributed by atoms with van der Waals surface area (Å²) in [5.74, 6) is -3.10. The third-order valence-corrected chi connectivity index (χ3v) is 1.96. The van der Waals surface area contributed by atoms with Gasteiger partial charge in [0.1, 0.15) is 0 Å². The lowest BCUT2D eigenvalue weighted by Gasteiger charge is -2.10. The van der Waals surface area contributed by atoms with Crippen LogP contribution in [0.2, 0.25) is 0 Å². The average Bonchev–Trinajstić information content (AvgIpc) is 2.20. The zero-order valence-corrected chi connectivity index (χ0v) is 9.35. The van der Waals surface area contributed by atoms with Gasteiger partial charge in [-0.15, -0.1) is 0 Å². The molecule has 1 unspecified atom stereocenters. The van der Waals surface area contributed by atoms with Crippen LogP contribution < -0.4 is 0 Å². The molecular formula is C10H18O6. The molecule has 0 aromatic heterocycles. The maximum Gasteiger partial charge on any atom is 0.307 e. The molecule has 0 amide bonds. The highest BCUT2D eigenvalue weighted by atomic mass is 16.5. The minimum absolute atomic E-state index is 0.202. The molecule has 2 N–H and O–H groups in total. The van der Waals surface area contributed by atoms with Crippen LogP contribution in [0.1, 0.15) is 19.8 Å². The van der Waals surface area contributed by atoms with Gasteiger partial charge in [-0.05, 0) is 13.3 Å². The molecule has 0 fully saturated rings. The minimum Gasteiger partial charge on any atom is -0.481 e. The average molecular weight is 234 g/mol. The van der Waals surface area contributed by atoms with Crippen molar-refractivity contribution in [3.05, 3.63) is 0 Å². The first-order chi connectivity index (χ1) is 7.57. The Labute approximate surface area is 94.2 Å². The molecule has 6 nitrogen and oxygen atoms in total. The lowest BCUT2D eigenvalue weighted by atomic mass is 10.0. The van der Waals surface area contributed by atoms with E-state index in [1.165, 1.54) is 0 Å². The van der Waals surface area contributed by atoms with E-state index in [-0.39, 0.29) is 19.4 Å². The standard InChI is InChI=1S/C10H18O6/c1-2-15-5-6-16-4-3-8(10(13)14)7-9(11)12/h8H,2-7H2,1H3,(H,11,12)(H,13,14). The fraction of sp³-hybridized carbons (Fsp3) is 0.800. The second-order valence-electron chi connectivity index (χ2n) is 3.23. The molecule has 1 atom stereocenters. The van der Waals surface area contributed by atoms with E-state index in [1.54, 1.807) is 0 Å². The molecule has 0 saturated carbocycles. The van der Waals surface area contributed by atoms with E-state index in [4.69, 9.17) is 19.7 Å². The Bertz CT molecular complexity index is 215. The van der Waals surface area contributed by atoms with E-state index >= 15 is 0 Å². The highest BCUT2D eigenvalue weighted by Crippen LogP contribution is 2.09. The number of carbonyl (C=O) groups is 2. The molecule has 6 heteroatoms. The summed E-state index contributed by atoms with van der Waals surface area (Å²) in [5.41, 5.74) is 0. The van der Waals surface area contributed by atoms with Crippen LogP contribution in [0.3, 0.4) is 0 Å². The van der Waals surface area contributed by atoms with Gasteiger partial charge in [-0.3, -0.25) is 9.59 Å². The summed E-state index contributed by atoms with van der Waals surface area (Å²) in [5, 5.41) is 17.2. The molecule has 0 saturated heterocycles. The quantitative estimate of drug-likeness (QED) is 0.538. The van der Waals surface area contributed by atoms with Crippen molar-refractivity contribution in [1.82, 2.24) is 0 Å². The van der Waals surface area contributed by atoms with Crippen LogP contribution in [0.5, 0.6) is 0 Å². The first-order valence-corrected chi connectivity index (χ1v) is 5.18. The zero-order valence-electron chi connectivity index (χ0n) is 9.35. The van der Waals surface area contributed by atoms with E-state index < -0.39 is 17.9 Å². The number of aliphatic carboxylic acids is 2. The summed E-state index contributed by atoms with van der Waals surface area (Å²) in [4.78, 5) is 21.0. The van der Waals surface area contributed by atoms with E-state index in [1.807, 2.05) is 6.92 Å². The SMILES string of the molecule is CCOCCOCCC(CC(=O)O)C(=O)O. The topological polar surface area (TPSA) is 93.1 Å². The summed E-state index contributed by atoms with van der Waals surface area (Å²) in [6.07, 6.45) is -0.169. The highest BCUT2D eigenvalue weighted by molar-refractivity contribution is 5.77. The van der Waals surface area contributed by atoms with Crippen molar-refractivity contribution in [3.8, 4) is 0 Å². The predicted octanol–water partition coefficient (Wildman–Crippen LogP) is 0.605. The minimum atomic E-state index is -1.11. The maximum absolute atomic E-state index is 10.7. The fourth-order valence-electron chi connectivity index (χ4n) is 1.11. The summed E-state index contributed by atoms with van der Waals surface area (Å²) in [6, 6.07) is 0. The summed E-state index contributed by atoms with van der Waals surface area (Å²) in [6.45, 7) is 3.57. The summed E-state index contributed by atoms with van der Waals surface area (Å²) in [7, 11) is 0. The van der Waals surface area contributed by atoms with Crippen molar-refractivity contribution < 1.29 is 29.3 Å². The van der Waals surface area contributed by atoms with Gasteiger partial charge in [0.15, 0.2) is 0 Å². The Balaban J connectivity index is 3.60. The van der Waals surface area contributed by atoms with Gasteiger partial charge in [0.05, 0.1) is 25.6 Å². The summed E-state index contributed by atoms with van der Waals surface area (Å²) >= 11 is 0. The Hall–Kier alpha value is -1.14. The molecule has 0 spiro atoms. The van der Waals surface area contributed by atoms with E-state index in [0.717, 1.165) is 0 Å². The third-order valence-electron chi connectivity index (χ3n) is 1.96. The number of rotatable bonds is 10. The van der Waals surface area contributed by atoms with Gasteiger partial charge in [-0.25, -0.2) is 0 Å². The van der Waals surface area contributed by atoms with E-state index in [0.29, 0.717) is 19.8 Å². The second-order valence-corrected chi connectivity index (χ2v) is 3.23. The summed E-state index contributed by atoms with van der Waals surface area (Å²) < 4.78 is 10.1. The fourth-order valence-corrected chi connectivity index (χ4v) is 1.11. The van der Waals surface area contributed by atoms with E-state index in [2.05, 4.69) is 0 Å². The largest absolute Gasteiger partial charge is 0.481 e. The molecule has 0 heterocycles. The lowest BCUT2D eigenvalue weighted by Crippen LogP contribution is -2.20. The van der Waals surface area contributed by atoms with Crippen molar-refractivity contribution in [1.29, 1.82) is 0 Å². The van der Waals surface area contributed by atoms with Gasteiger partial charge >= 0.3 is 11.9 Å². The number of carboxylic acids is 2. The van der Waals surface area contributed by atoms with Crippen molar-refractivity contribution in [3.63, 3.8) is 0 Å². The van der Waals surface area contributed by atoms with Gasteiger partial charge in [0, 0.05) is 13.2 Å². The van der Waals surface area contributed by atoms with Crippen molar-refractivity contribution in [2.24, 2.45) is 5.92 Å². The molecule has 0 bridgehead atoms. The number of hydrogen-bond donors (Lipinski definition) is 2. The molecule has 94 valence electrons. The van der Waals surface area contributed by atoms with Gasteiger partial charge < -0.3 is 19.7 Å². The smallest absolute Gasteiger partial charge is 0.307 e. The van der Waals surface area contributed by atoms with Crippen molar-refractivity contribution >= 4 is 11.9 Å². The molecule has 0 rings (SSSR count). The number of ether oxygens (including phenoxy) is 2. The van der Waals surface area contributed by atoms with Crippen LogP contribution in [0, 0.1) is 5.92 Å². The molecule has 16 heavy (non-hydrogen) atoms. The van der Waals surface area contributed by atoms with Gasteiger partial charge in [-0.1, -0.05) is 0 Å². The van der Waals surface area contributed by atoms with Crippen LogP contribution in [-0.4, -0.2) is 48.6 Å². The van der Waals surface area contributed by atoms with Gasteiger partial charge in [0.2, 0.25) is 0 Å². The normalized spacial score (nSPS) is 12.3. The molecular weight excluding hydrogens is 216 g/mol.